The SMILES string of the molecule is C=CCN(Cc1cccs1)C(=O)CCn1c(-c2ccc(OC)cc2)n[nH]c1=S. The van der Waals surface area contributed by atoms with Crippen molar-refractivity contribution in [1.29, 1.82) is 0 Å². The van der Waals surface area contributed by atoms with Crippen LogP contribution in [0.1, 0.15) is 11.3 Å². The van der Waals surface area contributed by atoms with E-state index in [4.69, 9.17) is 17.0 Å². The fourth-order valence-corrected chi connectivity index (χ4v) is 3.80. The van der Waals surface area contributed by atoms with Gasteiger partial charge < -0.3 is 9.64 Å². The highest BCUT2D eigenvalue weighted by atomic mass is 32.1. The minimum absolute atomic E-state index is 0.0529. The molecular weight excluding hydrogens is 392 g/mol. The Kier molecular flexibility index (Phi) is 6.78. The summed E-state index contributed by atoms with van der Waals surface area (Å²) in [6.45, 7) is 5.32. The zero-order valence-electron chi connectivity index (χ0n) is 15.6. The lowest BCUT2D eigenvalue weighted by molar-refractivity contribution is -0.131. The van der Waals surface area contributed by atoms with Gasteiger partial charge in [0.1, 0.15) is 5.75 Å². The van der Waals surface area contributed by atoms with Crippen molar-refractivity contribution in [3.8, 4) is 17.1 Å². The van der Waals surface area contributed by atoms with Crippen LogP contribution in [-0.2, 0) is 17.9 Å². The van der Waals surface area contributed by atoms with Crippen LogP contribution in [0.4, 0.5) is 0 Å². The molecule has 0 atom stereocenters. The van der Waals surface area contributed by atoms with Crippen molar-refractivity contribution in [3.63, 3.8) is 0 Å². The molecule has 0 radical (unpaired) electrons. The number of H-pyrrole nitrogens is 1. The Morgan fingerprint density at radius 1 is 1.39 bits per heavy atom. The summed E-state index contributed by atoms with van der Waals surface area (Å²) >= 11 is 7.00. The number of carbonyl (C=O) groups excluding carboxylic acids is 1. The third kappa shape index (κ3) is 4.76. The van der Waals surface area contributed by atoms with Crippen LogP contribution in [-0.4, -0.2) is 39.2 Å². The number of nitrogens with one attached hydrogen (secondary N) is 1. The normalized spacial score (nSPS) is 10.6. The summed E-state index contributed by atoms with van der Waals surface area (Å²) in [5.74, 6) is 1.53. The summed E-state index contributed by atoms with van der Waals surface area (Å²) in [5.41, 5.74) is 0.905. The van der Waals surface area contributed by atoms with Crippen molar-refractivity contribution in [2.24, 2.45) is 0 Å². The average Bonchev–Trinajstić information content (AvgIpc) is 3.35. The number of aromatic nitrogens is 3. The molecule has 8 heteroatoms. The van der Waals surface area contributed by atoms with E-state index in [9.17, 15) is 4.79 Å². The molecule has 3 aromatic rings. The summed E-state index contributed by atoms with van der Waals surface area (Å²) < 4.78 is 7.54. The van der Waals surface area contributed by atoms with Crippen LogP contribution in [0.5, 0.6) is 5.75 Å². The predicted molar refractivity (Wildman–Crippen MR) is 114 cm³/mol. The molecule has 3 rings (SSSR count). The van der Waals surface area contributed by atoms with Crippen LogP contribution in [0.15, 0.2) is 54.4 Å². The van der Waals surface area contributed by atoms with Gasteiger partial charge in [0.2, 0.25) is 5.91 Å². The van der Waals surface area contributed by atoms with Crippen molar-refractivity contribution >= 4 is 29.5 Å². The molecular formula is C20H22N4O2S2. The fourth-order valence-electron chi connectivity index (χ4n) is 2.85. The van der Waals surface area contributed by atoms with E-state index >= 15 is 0 Å². The maximum atomic E-state index is 12.8. The smallest absolute Gasteiger partial charge is 0.224 e. The van der Waals surface area contributed by atoms with Crippen LogP contribution < -0.4 is 4.74 Å². The first-order valence-corrected chi connectivity index (χ1v) is 10.1. The molecule has 0 saturated heterocycles. The lowest BCUT2D eigenvalue weighted by Crippen LogP contribution is -2.31. The van der Waals surface area contributed by atoms with Crippen molar-refractivity contribution in [2.45, 2.75) is 19.5 Å². The number of carbonyl (C=O) groups is 1. The summed E-state index contributed by atoms with van der Waals surface area (Å²) in [6, 6.07) is 11.6. The number of hydrogen-bond donors (Lipinski definition) is 1. The van der Waals surface area contributed by atoms with Crippen molar-refractivity contribution < 1.29 is 9.53 Å². The van der Waals surface area contributed by atoms with Crippen LogP contribution in [0.3, 0.4) is 0 Å². The van der Waals surface area contributed by atoms with Crippen LogP contribution >= 0.6 is 23.6 Å². The third-order valence-electron chi connectivity index (χ3n) is 4.28. The minimum Gasteiger partial charge on any atom is -0.497 e. The zero-order valence-corrected chi connectivity index (χ0v) is 17.3. The Bertz CT molecular complexity index is 975. The van der Waals surface area contributed by atoms with Gasteiger partial charge in [-0.1, -0.05) is 12.1 Å². The van der Waals surface area contributed by atoms with E-state index in [1.165, 1.54) is 0 Å². The molecule has 2 aromatic heterocycles. The topological polar surface area (TPSA) is 63.1 Å². The molecule has 0 aliphatic rings. The molecule has 146 valence electrons. The number of hydrogen-bond acceptors (Lipinski definition) is 5. The van der Waals surface area contributed by atoms with E-state index < -0.39 is 0 Å². The predicted octanol–water partition coefficient (Wildman–Crippen LogP) is 4.28. The van der Waals surface area contributed by atoms with E-state index in [2.05, 4.69) is 16.8 Å². The molecule has 6 nitrogen and oxygen atoms in total. The van der Waals surface area contributed by atoms with E-state index in [1.54, 1.807) is 29.4 Å². The Hall–Kier alpha value is -2.71. The molecule has 0 aliphatic carbocycles. The van der Waals surface area contributed by atoms with Crippen molar-refractivity contribution in [3.05, 3.63) is 64.1 Å². The molecule has 2 heterocycles. The number of nitrogens with zero attached hydrogens (tertiary/aromatic N) is 3. The number of ether oxygens (including phenoxy) is 1. The number of amides is 1. The lowest BCUT2D eigenvalue weighted by Gasteiger charge is -2.20. The molecule has 0 aliphatic heterocycles. The summed E-state index contributed by atoms with van der Waals surface area (Å²) in [4.78, 5) is 15.7. The summed E-state index contributed by atoms with van der Waals surface area (Å²) in [7, 11) is 1.63. The molecule has 0 saturated carbocycles. The summed E-state index contributed by atoms with van der Waals surface area (Å²) in [6.07, 6.45) is 2.08. The van der Waals surface area contributed by atoms with Gasteiger partial charge in [-0.2, -0.15) is 5.10 Å². The maximum Gasteiger partial charge on any atom is 0.224 e. The molecule has 0 fully saturated rings. The first kappa shape index (κ1) is 20.0. The highest BCUT2D eigenvalue weighted by Gasteiger charge is 2.16. The second-order valence-corrected chi connectivity index (χ2v) is 7.54. The van der Waals surface area contributed by atoms with Gasteiger partial charge in [-0.25, -0.2) is 0 Å². The van der Waals surface area contributed by atoms with Gasteiger partial charge in [0.15, 0.2) is 10.6 Å². The maximum absolute atomic E-state index is 12.8. The van der Waals surface area contributed by atoms with Gasteiger partial charge in [0.25, 0.3) is 0 Å². The molecule has 28 heavy (non-hydrogen) atoms. The van der Waals surface area contributed by atoms with Gasteiger partial charge in [-0.05, 0) is 47.9 Å². The Morgan fingerprint density at radius 2 is 2.18 bits per heavy atom. The summed E-state index contributed by atoms with van der Waals surface area (Å²) in [5, 5.41) is 9.16. The lowest BCUT2D eigenvalue weighted by atomic mass is 10.2. The largest absolute Gasteiger partial charge is 0.497 e. The number of aromatic amines is 1. The molecule has 1 aromatic carbocycles. The number of rotatable bonds is 9. The molecule has 1 amide bonds. The first-order valence-electron chi connectivity index (χ1n) is 8.83. The second-order valence-electron chi connectivity index (χ2n) is 6.12. The van der Waals surface area contributed by atoms with E-state index in [0.717, 1.165) is 16.2 Å². The molecule has 0 unspecified atom stereocenters. The van der Waals surface area contributed by atoms with Gasteiger partial charge in [0, 0.05) is 30.0 Å². The minimum atomic E-state index is 0.0529. The van der Waals surface area contributed by atoms with Crippen molar-refractivity contribution in [2.75, 3.05) is 13.7 Å². The zero-order chi connectivity index (χ0) is 19.9. The van der Waals surface area contributed by atoms with E-state index in [0.29, 0.717) is 36.7 Å². The molecule has 0 bridgehead atoms. The van der Waals surface area contributed by atoms with Gasteiger partial charge in [-0.15, -0.1) is 17.9 Å². The van der Waals surface area contributed by atoms with Gasteiger partial charge in [0.05, 0.1) is 13.7 Å². The van der Waals surface area contributed by atoms with Crippen LogP contribution in [0, 0.1) is 4.77 Å². The van der Waals surface area contributed by atoms with Crippen molar-refractivity contribution in [1.82, 2.24) is 19.7 Å². The number of benzene rings is 1. The first-order chi connectivity index (χ1) is 13.6. The van der Waals surface area contributed by atoms with Gasteiger partial charge in [-0.3, -0.25) is 14.5 Å². The van der Waals surface area contributed by atoms with Crippen LogP contribution in [0.2, 0.25) is 0 Å². The van der Waals surface area contributed by atoms with Gasteiger partial charge >= 0.3 is 0 Å². The van der Waals surface area contributed by atoms with E-state index in [1.807, 2.05) is 46.3 Å². The second kappa shape index (κ2) is 9.48. The average molecular weight is 415 g/mol. The molecule has 0 spiro atoms. The third-order valence-corrected chi connectivity index (χ3v) is 5.46. The number of methoxy groups -OCH3 is 1. The molecule has 1 N–H and O–H groups in total. The Morgan fingerprint density at radius 3 is 2.82 bits per heavy atom. The van der Waals surface area contributed by atoms with E-state index in [-0.39, 0.29) is 5.91 Å². The fraction of sp³-hybridized carbons (Fsp3) is 0.250. The Balaban J connectivity index is 1.72. The van der Waals surface area contributed by atoms with Crippen LogP contribution in [0.25, 0.3) is 11.4 Å². The highest BCUT2D eigenvalue weighted by molar-refractivity contribution is 7.71. The highest BCUT2D eigenvalue weighted by Crippen LogP contribution is 2.21. The monoisotopic (exact) mass is 414 g/mol. The Labute approximate surface area is 173 Å². The standard InChI is InChI=1S/C20H22N4O2S2/c1-3-11-23(14-17-5-4-13-28-17)18(25)10-12-24-19(21-22-20(24)27)15-6-8-16(26-2)9-7-15/h3-9,13H,1,10-12,14H2,2H3,(H,22,27). The quantitative estimate of drug-likeness (QED) is 0.419. The number of thiophene rings is 1.